The molecule has 0 spiro atoms. The molecule has 2 aliphatic carbocycles. The van der Waals surface area contributed by atoms with Crippen LogP contribution in [0.15, 0.2) is 6.07 Å². The average molecular weight is 374 g/mol. The van der Waals surface area contributed by atoms with E-state index in [9.17, 15) is 4.79 Å². The summed E-state index contributed by atoms with van der Waals surface area (Å²) in [5.41, 5.74) is 5.41. The summed E-state index contributed by atoms with van der Waals surface area (Å²) in [6.45, 7) is 7.61. The molecule has 1 unspecified atom stereocenters. The molecule has 0 bridgehead atoms. The first kappa shape index (κ1) is 20.2. The molecule has 1 aromatic rings. The molecule has 27 heavy (non-hydrogen) atoms. The van der Waals surface area contributed by atoms with E-state index in [2.05, 4.69) is 32.2 Å². The van der Waals surface area contributed by atoms with Crippen molar-refractivity contribution in [2.24, 2.45) is 11.8 Å². The summed E-state index contributed by atoms with van der Waals surface area (Å²) in [7, 11) is 1.69. The first-order valence-electron chi connectivity index (χ1n) is 10.5. The molecule has 4 heteroatoms. The van der Waals surface area contributed by atoms with Crippen LogP contribution in [0.3, 0.4) is 0 Å². The van der Waals surface area contributed by atoms with Gasteiger partial charge in [0.1, 0.15) is 12.4 Å². The van der Waals surface area contributed by atoms with Gasteiger partial charge in [0, 0.05) is 19.1 Å². The number of hydrogen-bond acceptors (Lipinski definition) is 3. The summed E-state index contributed by atoms with van der Waals surface area (Å²) in [6, 6.07) is 2.57. The van der Waals surface area contributed by atoms with Crippen LogP contribution in [0.1, 0.15) is 61.3 Å². The third kappa shape index (κ3) is 4.66. The lowest BCUT2D eigenvalue weighted by atomic mass is 9.74. The van der Waals surface area contributed by atoms with E-state index in [1.807, 2.05) is 0 Å². The minimum atomic E-state index is 0.0662. The fraction of sp³-hybridized carbons (Fsp3) is 0.696. The van der Waals surface area contributed by atoms with Crippen molar-refractivity contribution in [2.45, 2.75) is 71.8 Å². The Kier molecular flexibility index (Phi) is 6.80. The lowest BCUT2D eigenvalue weighted by Crippen LogP contribution is -2.40. The quantitative estimate of drug-likeness (QED) is 0.731. The van der Waals surface area contributed by atoms with Gasteiger partial charge in [-0.1, -0.05) is 19.8 Å². The van der Waals surface area contributed by atoms with Crippen LogP contribution < -0.4 is 10.1 Å². The number of nitrogens with one attached hydrogen (secondary N) is 1. The van der Waals surface area contributed by atoms with E-state index in [0.717, 1.165) is 37.9 Å². The zero-order valence-electron chi connectivity index (χ0n) is 17.4. The Morgan fingerprint density at radius 3 is 2.63 bits per heavy atom. The molecule has 0 radical (unpaired) electrons. The average Bonchev–Trinajstić information content (AvgIpc) is 3.17. The van der Waals surface area contributed by atoms with Crippen LogP contribution >= 0.6 is 0 Å². The first-order chi connectivity index (χ1) is 13.0. The van der Waals surface area contributed by atoms with E-state index in [1.54, 1.807) is 7.11 Å². The normalized spacial score (nSPS) is 21.0. The molecule has 0 saturated heterocycles. The second-order valence-electron chi connectivity index (χ2n) is 8.40. The van der Waals surface area contributed by atoms with Crippen LogP contribution in [-0.2, 0) is 22.4 Å². The van der Waals surface area contributed by atoms with Crippen LogP contribution in [-0.4, -0.2) is 32.3 Å². The lowest BCUT2D eigenvalue weighted by Gasteiger charge is -2.32. The van der Waals surface area contributed by atoms with E-state index >= 15 is 0 Å². The maximum absolute atomic E-state index is 12.8. The number of fused-ring (bicyclic) bond motifs is 1. The maximum Gasteiger partial charge on any atom is 0.223 e. The predicted octanol–water partition coefficient (Wildman–Crippen LogP) is 4.13. The summed E-state index contributed by atoms with van der Waals surface area (Å²) in [5.74, 6) is 1.69. The van der Waals surface area contributed by atoms with Gasteiger partial charge in [0.05, 0.1) is 6.61 Å². The molecule has 1 aromatic carbocycles. The number of rotatable bonds is 7. The van der Waals surface area contributed by atoms with Gasteiger partial charge in [-0.05, 0) is 80.2 Å². The summed E-state index contributed by atoms with van der Waals surface area (Å²) in [6.07, 6.45) is 7.92. The monoisotopic (exact) mass is 373 g/mol. The number of carbonyl (C=O) groups is 1. The number of benzene rings is 1. The molecule has 1 fully saturated rings. The Bertz CT molecular complexity index is 664. The second kappa shape index (κ2) is 9.09. The van der Waals surface area contributed by atoms with Gasteiger partial charge in [-0.2, -0.15) is 0 Å². The van der Waals surface area contributed by atoms with Crippen LogP contribution in [0, 0.1) is 25.7 Å². The van der Waals surface area contributed by atoms with Crippen LogP contribution in [0.4, 0.5) is 0 Å². The molecule has 150 valence electrons. The molecule has 1 N–H and O–H groups in total. The topological polar surface area (TPSA) is 47.6 Å². The molecule has 1 saturated carbocycles. The molecule has 2 aliphatic rings. The second-order valence-corrected chi connectivity index (χ2v) is 8.40. The third-order valence-corrected chi connectivity index (χ3v) is 6.61. The first-order valence-corrected chi connectivity index (χ1v) is 10.5. The van der Waals surface area contributed by atoms with Crippen molar-refractivity contribution in [2.75, 3.05) is 20.3 Å². The highest BCUT2D eigenvalue weighted by Crippen LogP contribution is 2.37. The SMILES string of the molecule is COCCOc1cc(C)c2c(c1C)CC([C@H](C)C(=O)NC1CCCC1)CC2. The van der Waals surface area contributed by atoms with Crippen molar-refractivity contribution in [3.05, 3.63) is 28.3 Å². The zero-order chi connectivity index (χ0) is 19.4. The number of methoxy groups -OCH3 is 1. The molecular weight excluding hydrogens is 338 g/mol. The Morgan fingerprint density at radius 1 is 1.19 bits per heavy atom. The molecule has 4 nitrogen and oxygen atoms in total. The van der Waals surface area contributed by atoms with Crippen molar-refractivity contribution in [3.8, 4) is 5.75 Å². The van der Waals surface area contributed by atoms with Crippen molar-refractivity contribution < 1.29 is 14.3 Å². The summed E-state index contributed by atoms with van der Waals surface area (Å²) >= 11 is 0. The van der Waals surface area contributed by atoms with Crippen molar-refractivity contribution >= 4 is 5.91 Å². The van der Waals surface area contributed by atoms with Gasteiger partial charge in [-0.15, -0.1) is 0 Å². The predicted molar refractivity (Wildman–Crippen MR) is 108 cm³/mol. The number of ether oxygens (including phenoxy) is 2. The molecular formula is C23H35NO3. The summed E-state index contributed by atoms with van der Waals surface area (Å²) < 4.78 is 11.1. The Balaban J connectivity index is 1.70. The Labute approximate surface area is 164 Å². The summed E-state index contributed by atoms with van der Waals surface area (Å²) in [5, 5.41) is 3.29. The van der Waals surface area contributed by atoms with Gasteiger partial charge in [0.15, 0.2) is 0 Å². The van der Waals surface area contributed by atoms with Gasteiger partial charge < -0.3 is 14.8 Å². The Hall–Kier alpha value is -1.55. The van der Waals surface area contributed by atoms with Crippen LogP contribution in [0.5, 0.6) is 5.75 Å². The zero-order valence-corrected chi connectivity index (χ0v) is 17.4. The lowest BCUT2D eigenvalue weighted by molar-refractivity contribution is -0.126. The van der Waals surface area contributed by atoms with Gasteiger partial charge in [0.25, 0.3) is 0 Å². The van der Waals surface area contributed by atoms with Gasteiger partial charge in [-0.3, -0.25) is 4.79 Å². The minimum absolute atomic E-state index is 0.0662. The Morgan fingerprint density at radius 2 is 1.93 bits per heavy atom. The van der Waals surface area contributed by atoms with Gasteiger partial charge >= 0.3 is 0 Å². The third-order valence-electron chi connectivity index (χ3n) is 6.61. The summed E-state index contributed by atoms with van der Waals surface area (Å²) in [4.78, 5) is 12.8. The van der Waals surface area contributed by atoms with Crippen molar-refractivity contribution in [1.29, 1.82) is 0 Å². The number of hydrogen-bond donors (Lipinski definition) is 1. The van der Waals surface area contributed by atoms with Gasteiger partial charge in [0.2, 0.25) is 5.91 Å². The van der Waals surface area contributed by atoms with Gasteiger partial charge in [-0.25, -0.2) is 0 Å². The highest BCUT2D eigenvalue weighted by Gasteiger charge is 2.31. The van der Waals surface area contributed by atoms with Crippen molar-refractivity contribution in [1.82, 2.24) is 5.32 Å². The van der Waals surface area contributed by atoms with Crippen LogP contribution in [0.25, 0.3) is 0 Å². The molecule has 1 amide bonds. The number of amides is 1. The number of aryl methyl sites for hydroxylation is 1. The standard InChI is InChI=1S/C23H35NO3/c1-15-13-22(27-12-11-26-4)17(3)21-14-18(9-10-20(15)21)16(2)23(25)24-19-7-5-6-8-19/h13,16,18-19H,5-12,14H2,1-4H3,(H,24,25)/t16-,18?/m0/s1. The molecule has 0 aliphatic heterocycles. The largest absolute Gasteiger partial charge is 0.491 e. The molecule has 0 heterocycles. The van der Waals surface area contributed by atoms with Crippen LogP contribution in [0.2, 0.25) is 0 Å². The maximum atomic E-state index is 12.8. The minimum Gasteiger partial charge on any atom is -0.491 e. The van der Waals surface area contributed by atoms with E-state index in [1.165, 1.54) is 35.1 Å². The van der Waals surface area contributed by atoms with Crippen molar-refractivity contribution in [3.63, 3.8) is 0 Å². The molecule has 2 atom stereocenters. The fourth-order valence-corrected chi connectivity index (χ4v) is 4.75. The van der Waals surface area contributed by atoms with E-state index in [0.29, 0.717) is 25.2 Å². The highest BCUT2D eigenvalue weighted by atomic mass is 16.5. The molecule has 3 rings (SSSR count). The fourth-order valence-electron chi connectivity index (χ4n) is 4.75. The molecule has 0 aromatic heterocycles. The van der Waals surface area contributed by atoms with E-state index < -0.39 is 0 Å². The number of carbonyl (C=O) groups excluding carboxylic acids is 1. The van der Waals surface area contributed by atoms with E-state index in [-0.39, 0.29) is 11.8 Å². The highest BCUT2D eigenvalue weighted by molar-refractivity contribution is 5.79. The van der Waals surface area contributed by atoms with E-state index in [4.69, 9.17) is 9.47 Å². The smallest absolute Gasteiger partial charge is 0.223 e.